The quantitative estimate of drug-likeness (QED) is 0.876. The molecule has 2 heterocycles. The number of hydrogen-bond acceptors (Lipinski definition) is 4. The van der Waals surface area contributed by atoms with E-state index in [0.29, 0.717) is 18.3 Å². The summed E-state index contributed by atoms with van der Waals surface area (Å²) >= 11 is 0. The Morgan fingerprint density at radius 1 is 1.25 bits per heavy atom. The Balaban J connectivity index is 1.85. The number of nitrogens with zero attached hydrogens (tertiary/aromatic N) is 3. The molecule has 0 unspecified atom stereocenters. The van der Waals surface area contributed by atoms with Crippen LogP contribution in [0.25, 0.3) is 0 Å². The molecule has 1 aliphatic heterocycles. The van der Waals surface area contributed by atoms with Crippen LogP contribution in [0.15, 0.2) is 24.3 Å². The van der Waals surface area contributed by atoms with Gasteiger partial charge < -0.3 is 10.5 Å². The molecule has 3 rings (SSSR count). The fraction of sp³-hybridized carbons (Fsp3) is 0.500. The van der Waals surface area contributed by atoms with Crippen LogP contribution in [0, 0.1) is 0 Å². The number of rotatable bonds is 6. The minimum absolute atomic E-state index is 0.0813. The average Bonchev–Trinajstić information content (AvgIpc) is 2.98. The first-order valence-electron chi connectivity index (χ1n) is 8.53. The van der Waals surface area contributed by atoms with Gasteiger partial charge in [0.05, 0.1) is 13.0 Å². The maximum Gasteiger partial charge on any atom is 0.225 e. The van der Waals surface area contributed by atoms with Crippen LogP contribution in [0.1, 0.15) is 48.5 Å². The molecule has 1 aromatic heterocycles. The van der Waals surface area contributed by atoms with Gasteiger partial charge in [0, 0.05) is 19.1 Å². The lowest BCUT2D eigenvalue weighted by Gasteiger charge is -2.21. The lowest BCUT2D eigenvalue weighted by molar-refractivity contribution is -0.117. The number of amides is 1. The van der Waals surface area contributed by atoms with Gasteiger partial charge in [0.15, 0.2) is 5.82 Å². The van der Waals surface area contributed by atoms with E-state index >= 15 is 0 Å². The van der Waals surface area contributed by atoms with E-state index in [2.05, 4.69) is 41.3 Å². The molecular formula is C18H24N4O2. The summed E-state index contributed by atoms with van der Waals surface area (Å²) < 4.78 is 7.37. The van der Waals surface area contributed by atoms with Crippen molar-refractivity contribution in [2.75, 3.05) is 13.2 Å². The zero-order valence-corrected chi connectivity index (χ0v) is 14.1. The van der Waals surface area contributed by atoms with E-state index in [1.807, 2.05) is 4.68 Å². The van der Waals surface area contributed by atoms with Crippen molar-refractivity contribution in [2.24, 2.45) is 5.73 Å². The lowest BCUT2D eigenvalue weighted by atomic mass is 9.99. The molecule has 1 aliphatic rings. The number of primary amides is 1. The van der Waals surface area contributed by atoms with Crippen LogP contribution in [0.3, 0.4) is 0 Å². The molecule has 1 amide bonds. The molecule has 128 valence electrons. The van der Waals surface area contributed by atoms with E-state index in [0.717, 1.165) is 38.3 Å². The third-order valence-electron chi connectivity index (χ3n) is 4.43. The molecule has 1 saturated heterocycles. The summed E-state index contributed by atoms with van der Waals surface area (Å²) in [5.74, 6) is 1.36. The number of aromatic nitrogens is 3. The summed E-state index contributed by atoms with van der Waals surface area (Å²) in [5, 5.41) is 4.53. The van der Waals surface area contributed by atoms with Gasteiger partial charge in [-0.1, -0.05) is 31.2 Å². The van der Waals surface area contributed by atoms with E-state index in [9.17, 15) is 4.79 Å². The van der Waals surface area contributed by atoms with E-state index in [1.165, 1.54) is 11.1 Å². The Labute approximate surface area is 142 Å². The third kappa shape index (κ3) is 4.00. The number of nitrogens with two attached hydrogens (primary N) is 1. The summed E-state index contributed by atoms with van der Waals surface area (Å²) in [6.45, 7) is 4.29. The molecule has 1 aromatic carbocycles. The molecule has 2 N–H and O–H groups in total. The molecule has 24 heavy (non-hydrogen) atoms. The number of ether oxygens (including phenoxy) is 1. The summed E-state index contributed by atoms with van der Waals surface area (Å²) in [5.41, 5.74) is 7.79. The predicted octanol–water partition coefficient (Wildman–Crippen LogP) is 1.81. The monoisotopic (exact) mass is 328 g/mol. The highest BCUT2D eigenvalue weighted by atomic mass is 16.5. The van der Waals surface area contributed by atoms with Crippen LogP contribution < -0.4 is 5.73 Å². The molecule has 0 radical (unpaired) electrons. The van der Waals surface area contributed by atoms with Crippen LogP contribution in [-0.2, 0) is 28.9 Å². The highest BCUT2D eigenvalue weighted by molar-refractivity contribution is 5.75. The van der Waals surface area contributed by atoms with Gasteiger partial charge >= 0.3 is 0 Å². The van der Waals surface area contributed by atoms with Gasteiger partial charge in [0.1, 0.15) is 5.82 Å². The van der Waals surface area contributed by atoms with E-state index in [1.54, 1.807) is 0 Å². The molecule has 2 aromatic rings. The molecule has 0 saturated carbocycles. The first-order valence-corrected chi connectivity index (χ1v) is 8.53. The maximum absolute atomic E-state index is 11.2. The third-order valence-corrected chi connectivity index (χ3v) is 4.43. The smallest absolute Gasteiger partial charge is 0.225 e. The summed E-state index contributed by atoms with van der Waals surface area (Å²) in [6, 6.07) is 8.54. The Kier molecular flexibility index (Phi) is 5.25. The van der Waals surface area contributed by atoms with Crippen molar-refractivity contribution in [3.05, 3.63) is 47.0 Å². The first kappa shape index (κ1) is 16.6. The van der Waals surface area contributed by atoms with Gasteiger partial charge in [0.2, 0.25) is 5.91 Å². The first-order chi connectivity index (χ1) is 11.7. The summed E-state index contributed by atoms with van der Waals surface area (Å²) in [7, 11) is 0. The van der Waals surface area contributed by atoms with Crippen LogP contribution in [0.5, 0.6) is 0 Å². The number of hydrogen-bond donors (Lipinski definition) is 1. The van der Waals surface area contributed by atoms with Gasteiger partial charge in [-0.2, -0.15) is 5.10 Å². The number of aryl methyl sites for hydroxylation is 1. The second-order valence-electron chi connectivity index (χ2n) is 6.24. The SMILES string of the molecule is CCc1ccc(Cn2nc(CC(N)=O)nc2C2CCOCC2)cc1. The summed E-state index contributed by atoms with van der Waals surface area (Å²) in [6.07, 6.45) is 2.98. The van der Waals surface area contributed by atoms with Crippen molar-refractivity contribution in [2.45, 2.75) is 45.1 Å². The molecule has 0 aliphatic carbocycles. The largest absolute Gasteiger partial charge is 0.381 e. The van der Waals surface area contributed by atoms with Crippen molar-refractivity contribution in [1.82, 2.24) is 14.8 Å². The second kappa shape index (κ2) is 7.57. The van der Waals surface area contributed by atoms with Crippen molar-refractivity contribution in [3.63, 3.8) is 0 Å². The molecule has 0 bridgehead atoms. The van der Waals surface area contributed by atoms with Gasteiger partial charge in [0.25, 0.3) is 0 Å². The molecule has 6 nitrogen and oxygen atoms in total. The standard InChI is InChI=1S/C18H24N4O2/c1-2-13-3-5-14(6-4-13)12-22-18(15-7-9-24-10-8-15)20-17(21-22)11-16(19)23/h3-6,15H,2,7-12H2,1H3,(H2,19,23). The highest BCUT2D eigenvalue weighted by Gasteiger charge is 2.23. The van der Waals surface area contributed by atoms with Crippen molar-refractivity contribution in [1.29, 1.82) is 0 Å². The molecule has 0 atom stereocenters. The normalized spacial score (nSPS) is 15.5. The number of benzene rings is 1. The Morgan fingerprint density at radius 3 is 2.54 bits per heavy atom. The number of carbonyl (C=O) groups is 1. The van der Waals surface area contributed by atoms with Crippen molar-refractivity contribution >= 4 is 5.91 Å². The van der Waals surface area contributed by atoms with Crippen molar-refractivity contribution in [3.8, 4) is 0 Å². The van der Waals surface area contributed by atoms with Crippen LogP contribution in [0.2, 0.25) is 0 Å². The minimum atomic E-state index is -0.405. The van der Waals surface area contributed by atoms with Gasteiger partial charge in [-0.05, 0) is 30.4 Å². The average molecular weight is 328 g/mol. The Bertz CT molecular complexity index is 688. The maximum atomic E-state index is 11.2. The lowest BCUT2D eigenvalue weighted by Crippen LogP contribution is -2.19. The van der Waals surface area contributed by atoms with Gasteiger partial charge in [-0.25, -0.2) is 9.67 Å². The zero-order chi connectivity index (χ0) is 16.9. The fourth-order valence-corrected chi connectivity index (χ4v) is 3.06. The van der Waals surface area contributed by atoms with E-state index in [-0.39, 0.29) is 6.42 Å². The Morgan fingerprint density at radius 2 is 1.92 bits per heavy atom. The predicted molar refractivity (Wildman–Crippen MR) is 90.6 cm³/mol. The Hall–Kier alpha value is -2.21. The van der Waals surface area contributed by atoms with Crippen LogP contribution >= 0.6 is 0 Å². The van der Waals surface area contributed by atoms with E-state index in [4.69, 9.17) is 10.5 Å². The summed E-state index contributed by atoms with van der Waals surface area (Å²) in [4.78, 5) is 15.8. The van der Waals surface area contributed by atoms with Crippen LogP contribution in [-0.4, -0.2) is 33.9 Å². The molecule has 0 spiro atoms. The second-order valence-corrected chi connectivity index (χ2v) is 6.24. The van der Waals surface area contributed by atoms with Crippen LogP contribution in [0.4, 0.5) is 0 Å². The topological polar surface area (TPSA) is 83.0 Å². The molecule has 6 heteroatoms. The zero-order valence-electron chi connectivity index (χ0n) is 14.1. The molecular weight excluding hydrogens is 304 g/mol. The van der Waals surface area contributed by atoms with Gasteiger partial charge in [-0.15, -0.1) is 0 Å². The van der Waals surface area contributed by atoms with E-state index < -0.39 is 5.91 Å². The van der Waals surface area contributed by atoms with Crippen molar-refractivity contribution < 1.29 is 9.53 Å². The minimum Gasteiger partial charge on any atom is -0.381 e. The molecule has 1 fully saturated rings. The highest BCUT2D eigenvalue weighted by Crippen LogP contribution is 2.26. The number of carbonyl (C=O) groups excluding carboxylic acids is 1. The fourth-order valence-electron chi connectivity index (χ4n) is 3.06. The van der Waals surface area contributed by atoms with Gasteiger partial charge in [-0.3, -0.25) is 4.79 Å².